The predicted octanol–water partition coefficient (Wildman–Crippen LogP) is 7.15. The molecule has 0 aliphatic heterocycles. The number of aliphatic imine (C=N–C) groups is 2. The lowest BCUT2D eigenvalue weighted by Crippen LogP contribution is -2.49. The maximum Gasteiger partial charge on any atom is 0.126 e. The number of para-hydroxylation sites is 2. The van der Waals surface area contributed by atoms with Crippen LogP contribution in [0, 0.1) is 17.8 Å². The molecule has 30 heavy (non-hydrogen) atoms. The zero-order valence-corrected chi connectivity index (χ0v) is 18.8. The summed E-state index contributed by atoms with van der Waals surface area (Å²) in [5.41, 5.74) is 3.05. The van der Waals surface area contributed by atoms with Gasteiger partial charge in [-0.3, -0.25) is 0 Å². The summed E-state index contributed by atoms with van der Waals surface area (Å²) in [4.78, 5) is 8.55. The van der Waals surface area contributed by atoms with Gasteiger partial charge in [-0.25, -0.2) is 4.99 Å². The Hall–Kier alpha value is -2.16. The lowest BCUT2D eigenvalue weighted by atomic mass is 9.53. The molecular weight excluding hydrogens is 408 g/mol. The van der Waals surface area contributed by atoms with E-state index < -0.39 is 0 Å². The van der Waals surface area contributed by atoms with E-state index in [9.17, 15) is 0 Å². The van der Waals surface area contributed by atoms with Crippen molar-refractivity contribution in [3.8, 4) is 16.9 Å². The number of isothiocyanates is 2. The quantitative estimate of drug-likeness (QED) is 0.378. The van der Waals surface area contributed by atoms with E-state index in [-0.39, 0.29) is 5.54 Å². The average molecular weight is 435 g/mol. The summed E-state index contributed by atoms with van der Waals surface area (Å²) in [6.07, 6.45) is 8.36. The van der Waals surface area contributed by atoms with Gasteiger partial charge in [0.15, 0.2) is 0 Å². The number of ether oxygens (including phenoxy) is 1. The lowest BCUT2D eigenvalue weighted by molar-refractivity contribution is 0.00209. The van der Waals surface area contributed by atoms with Crippen molar-refractivity contribution in [3.63, 3.8) is 0 Å². The SMILES string of the molecule is COc1ccccc1-c1ccccc1N=C=S.S=C=NC12CC3CC(CC(C3)C1)C2. The number of hydrogen-bond acceptors (Lipinski definition) is 5. The highest BCUT2D eigenvalue weighted by atomic mass is 32.1. The van der Waals surface area contributed by atoms with E-state index in [4.69, 9.17) is 17.0 Å². The Balaban J connectivity index is 0.000000150. The van der Waals surface area contributed by atoms with Gasteiger partial charge in [0.1, 0.15) is 5.75 Å². The molecule has 4 bridgehead atoms. The first kappa shape index (κ1) is 21.1. The van der Waals surface area contributed by atoms with Crippen LogP contribution in [-0.2, 0) is 0 Å². The molecule has 4 aliphatic carbocycles. The van der Waals surface area contributed by atoms with Crippen LogP contribution in [0.25, 0.3) is 11.1 Å². The second-order valence-electron chi connectivity index (χ2n) is 8.77. The molecule has 0 aromatic heterocycles. The molecule has 3 nitrogen and oxygen atoms in total. The van der Waals surface area contributed by atoms with E-state index in [1.165, 1.54) is 38.5 Å². The van der Waals surface area contributed by atoms with Gasteiger partial charge in [-0.05, 0) is 92.8 Å². The number of methoxy groups -OCH3 is 1. The van der Waals surface area contributed by atoms with Crippen molar-refractivity contribution >= 4 is 40.4 Å². The van der Waals surface area contributed by atoms with Crippen LogP contribution in [0.2, 0.25) is 0 Å². The second-order valence-corrected chi connectivity index (χ2v) is 9.13. The molecule has 2 aromatic carbocycles. The molecule has 0 saturated heterocycles. The number of thiocarbonyl (C=S) groups is 2. The van der Waals surface area contributed by atoms with Crippen LogP contribution in [-0.4, -0.2) is 23.0 Å². The molecule has 0 amide bonds. The zero-order chi connectivity index (χ0) is 21.0. The van der Waals surface area contributed by atoms with Crippen LogP contribution in [0.5, 0.6) is 5.75 Å². The average Bonchev–Trinajstić information content (AvgIpc) is 2.74. The summed E-state index contributed by atoms with van der Waals surface area (Å²) >= 11 is 9.43. The van der Waals surface area contributed by atoms with Crippen molar-refractivity contribution in [2.45, 2.75) is 44.1 Å². The summed E-state index contributed by atoms with van der Waals surface area (Å²) in [5, 5.41) is 5.03. The maximum atomic E-state index is 5.34. The van der Waals surface area contributed by atoms with Crippen molar-refractivity contribution in [2.24, 2.45) is 27.7 Å². The minimum absolute atomic E-state index is 0.260. The van der Waals surface area contributed by atoms with Crippen LogP contribution < -0.4 is 4.74 Å². The highest BCUT2D eigenvalue weighted by molar-refractivity contribution is 7.78. The minimum Gasteiger partial charge on any atom is -0.496 e. The maximum absolute atomic E-state index is 5.34. The van der Waals surface area contributed by atoms with Crippen LogP contribution in [0.4, 0.5) is 5.69 Å². The van der Waals surface area contributed by atoms with Crippen molar-refractivity contribution < 1.29 is 4.74 Å². The third-order valence-corrected chi connectivity index (χ3v) is 6.94. The predicted molar refractivity (Wildman–Crippen MR) is 129 cm³/mol. The number of rotatable bonds is 4. The number of benzene rings is 2. The Morgan fingerprint density at radius 3 is 1.97 bits per heavy atom. The van der Waals surface area contributed by atoms with E-state index >= 15 is 0 Å². The molecule has 0 atom stereocenters. The second kappa shape index (κ2) is 9.32. The molecule has 4 aliphatic rings. The summed E-state index contributed by atoms with van der Waals surface area (Å²) in [6.45, 7) is 0. The van der Waals surface area contributed by atoms with E-state index in [1.807, 2.05) is 48.5 Å². The highest BCUT2D eigenvalue weighted by Crippen LogP contribution is 2.57. The largest absolute Gasteiger partial charge is 0.496 e. The zero-order valence-electron chi connectivity index (χ0n) is 17.2. The van der Waals surface area contributed by atoms with Gasteiger partial charge in [-0.15, -0.1) is 0 Å². The van der Waals surface area contributed by atoms with Gasteiger partial charge in [-0.2, -0.15) is 4.99 Å². The molecule has 2 aromatic rings. The van der Waals surface area contributed by atoms with Gasteiger partial charge in [0.25, 0.3) is 0 Å². The fourth-order valence-electron chi connectivity index (χ4n) is 6.01. The Labute approximate surface area is 189 Å². The van der Waals surface area contributed by atoms with E-state index in [0.29, 0.717) is 0 Å². The lowest BCUT2D eigenvalue weighted by Gasteiger charge is -2.54. The van der Waals surface area contributed by atoms with Gasteiger partial charge < -0.3 is 4.74 Å². The monoisotopic (exact) mass is 434 g/mol. The van der Waals surface area contributed by atoms with Crippen LogP contribution in [0.3, 0.4) is 0 Å². The Morgan fingerprint density at radius 2 is 1.40 bits per heavy atom. The Morgan fingerprint density at radius 1 is 0.833 bits per heavy atom. The van der Waals surface area contributed by atoms with Crippen LogP contribution in [0.15, 0.2) is 58.5 Å². The molecule has 0 heterocycles. The molecule has 0 unspecified atom stereocenters. The van der Waals surface area contributed by atoms with Gasteiger partial charge in [0.05, 0.1) is 28.7 Å². The van der Waals surface area contributed by atoms with Gasteiger partial charge in [0, 0.05) is 11.1 Å². The van der Waals surface area contributed by atoms with E-state index in [2.05, 4.69) is 32.5 Å². The van der Waals surface area contributed by atoms with Crippen molar-refractivity contribution in [3.05, 3.63) is 48.5 Å². The number of nitrogens with zero attached hydrogens (tertiary/aromatic N) is 2. The molecule has 5 heteroatoms. The summed E-state index contributed by atoms with van der Waals surface area (Å²) in [5.74, 6) is 3.73. The first-order valence-corrected chi connectivity index (χ1v) is 11.4. The fraction of sp³-hybridized carbons (Fsp3) is 0.440. The van der Waals surface area contributed by atoms with Crippen LogP contribution >= 0.6 is 24.4 Å². The molecule has 4 saturated carbocycles. The summed E-state index contributed by atoms with van der Waals surface area (Å²) < 4.78 is 5.34. The van der Waals surface area contributed by atoms with Gasteiger partial charge >= 0.3 is 0 Å². The first-order chi connectivity index (χ1) is 14.7. The van der Waals surface area contributed by atoms with Crippen molar-refractivity contribution in [1.29, 1.82) is 0 Å². The number of hydrogen-bond donors (Lipinski definition) is 0. The highest BCUT2D eigenvalue weighted by Gasteiger charge is 2.50. The topological polar surface area (TPSA) is 34.0 Å². The Bertz CT molecular complexity index is 970. The van der Waals surface area contributed by atoms with E-state index in [0.717, 1.165) is 40.3 Å². The van der Waals surface area contributed by atoms with E-state index in [1.54, 1.807) is 7.11 Å². The smallest absolute Gasteiger partial charge is 0.126 e. The van der Waals surface area contributed by atoms with Crippen molar-refractivity contribution in [2.75, 3.05) is 7.11 Å². The molecular formula is C25H26N2OS2. The summed E-state index contributed by atoms with van der Waals surface area (Å²) in [6, 6.07) is 15.6. The molecule has 0 N–H and O–H groups in total. The molecule has 154 valence electrons. The summed E-state index contributed by atoms with van der Waals surface area (Å²) in [7, 11) is 1.66. The van der Waals surface area contributed by atoms with Crippen LogP contribution in [0.1, 0.15) is 38.5 Å². The molecule has 4 fully saturated rings. The third-order valence-electron chi connectivity index (χ3n) is 6.76. The first-order valence-electron chi connectivity index (χ1n) is 10.6. The minimum atomic E-state index is 0.260. The van der Waals surface area contributed by atoms with Gasteiger partial charge in [0.2, 0.25) is 0 Å². The third kappa shape index (κ3) is 4.45. The van der Waals surface area contributed by atoms with Gasteiger partial charge in [-0.1, -0.05) is 36.4 Å². The Kier molecular flexibility index (Phi) is 6.55. The molecule has 0 spiro atoms. The van der Waals surface area contributed by atoms with Crippen molar-refractivity contribution in [1.82, 2.24) is 0 Å². The molecule has 0 radical (unpaired) electrons. The molecule has 6 rings (SSSR count). The standard InChI is InChI=1S/C14H11NOS.C11H15NS/c1-16-14-9-5-3-7-12(14)11-6-2-4-8-13(11)15-10-17;13-7-12-11-4-8-1-9(5-11)3-10(2-8)6-11/h2-9H,1H3;8-10H,1-6H2. The fourth-order valence-corrected chi connectivity index (χ4v) is 6.31. The normalized spacial score (nSPS) is 27.8.